The van der Waals surface area contributed by atoms with Crippen molar-refractivity contribution in [2.75, 3.05) is 0 Å². The van der Waals surface area contributed by atoms with Crippen molar-refractivity contribution in [3.63, 3.8) is 0 Å². The zero-order valence-corrected chi connectivity index (χ0v) is 13.8. The van der Waals surface area contributed by atoms with Crippen LogP contribution in [-0.2, 0) is 31.0 Å². The molecule has 2 aromatic heterocycles. The number of fused-ring (bicyclic) bond motifs is 1. The second kappa shape index (κ2) is 6.40. The van der Waals surface area contributed by atoms with Crippen LogP contribution >= 0.6 is 11.3 Å². The van der Waals surface area contributed by atoms with Gasteiger partial charge in [0.05, 0.1) is 12.1 Å². The first-order valence-corrected chi connectivity index (χ1v) is 8.07. The van der Waals surface area contributed by atoms with E-state index in [4.69, 9.17) is 9.84 Å². The fourth-order valence-corrected chi connectivity index (χ4v) is 3.38. The SMILES string of the molecule is Cn1nc(C(F)(F)F)cc1COc1ccc2c(CC(=O)O)csc2c1. The lowest BCUT2D eigenvalue weighted by Gasteiger charge is -2.06. The molecule has 0 saturated carbocycles. The minimum atomic E-state index is -4.49. The standard InChI is InChI=1S/C16H13F3N2O3S/c1-21-10(5-14(20-21)16(17,18)19)7-24-11-2-3-12-9(4-15(22)23)8-25-13(12)6-11/h2-3,5-6,8H,4,7H2,1H3,(H,22,23). The molecule has 132 valence electrons. The van der Waals surface area contributed by atoms with E-state index in [1.807, 2.05) is 0 Å². The minimum absolute atomic E-state index is 0.0571. The first-order valence-electron chi connectivity index (χ1n) is 7.19. The highest BCUT2D eigenvalue weighted by molar-refractivity contribution is 7.17. The average Bonchev–Trinajstić information content (AvgIpc) is 3.08. The summed E-state index contributed by atoms with van der Waals surface area (Å²) in [5, 5.41) is 14.9. The van der Waals surface area contributed by atoms with Gasteiger partial charge in [-0.2, -0.15) is 18.3 Å². The highest BCUT2D eigenvalue weighted by Crippen LogP contribution is 2.31. The van der Waals surface area contributed by atoms with Gasteiger partial charge in [0.2, 0.25) is 0 Å². The van der Waals surface area contributed by atoms with Crippen molar-refractivity contribution < 1.29 is 27.8 Å². The number of aryl methyl sites for hydroxylation is 1. The highest BCUT2D eigenvalue weighted by atomic mass is 32.1. The van der Waals surface area contributed by atoms with Crippen LogP contribution in [0.15, 0.2) is 29.6 Å². The summed E-state index contributed by atoms with van der Waals surface area (Å²) in [5.74, 6) is -0.414. The number of carboxylic acid groups (broad SMARTS) is 1. The molecule has 3 rings (SSSR count). The number of ether oxygens (including phenoxy) is 1. The van der Waals surface area contributed by atoms with Crippen LogP contribution in [0.25, 0.3) is 10.1 Å². The molecule has 0 spiro atoms. The number of thiophene rings is 1. The van der Waals surface area contributed by atoms with E-state index in [0.717, 1.165) is 26.4 Å². The van der Waals surface area contributed by atoms with Crippen molar-refractivity contribution in [2.45, 2.75) is 19.2 Å². The third kappa shape index (κ3) is 3.76. The lowest BCUT2D eigenvalue weighted by atomic mass is 10.1. The Labute approximate surface area is 144 Å². The number of aromatic nitrogens is 2. The van der Waals surface area contributed by atoms with Gasteiger partial charge in [-0.3, -0.25) is 9.48 Å². The van der Waals surface area contributed by atoms with Crippen molar-refractivity contribution in [3.8, 4) is 5.75 Å². The Hall–Kier alpha value is -2.55. The molecule has 0 fully saturated rings. The van der Waals surface area contributed by atoms with E-state index in [9.17, 15) is 18.0 Å². The Morgan fingerprint density at radius 1 is 1.36 bits per heavy atom. The monoisotopic (exact) mass is 370 g/mol. The molecule has 0 amide bonds. The molecule has 0 aliphatic rings. The lowest BCUT2D eigenvalue weighted by molar-refractivity contribution is -0.141. The number of carboxylic acids is 1. The van der Waals surface area contributed by atoms with E-state index in [-0.39, 0.29) is 13.0 Å². The smallest absolute Gasteiger partial charge is 0.435 e. The molecule has 3 aromatic rings. The van der Waals surface area contributed by atoms with E-state index in [0.29, 0.717) is 11.4 Å². The molecule has 5 nitrogen and oxygen atoms in total. The van der Waals surface area contributed by atoms with Crippen LogP contribution in [-0.4, -0.2) is 20.9 Å². The number of benzene rings is 1. The Bertz CT molecular complexity index is 930. The van der Waals surface area contributed by atoms with Gasteiger partial charge >= 0.3 is 12.1 Å². The van der Waals surface area contributed by atoms with Crippen LogP contribution in [0.1, 0.15) is 17.0 Å². The highest BCUT2D eigenvalue weighted by Gasteiger charge is 2.34. The first kappa shape index (κ1) is 17.3. The molecule has 1 N–H and O–H groups in total. The first-order chi connectivity index (χ1) is 11.7. The van der Waals surface area contributed by atoms with Gasteiger partial charge in [0.25, 0.3) is 0 Å². The van der Waals surface area contributed by atoms with Crippen molar-refractivity contribution in [1.82, 2.24) is 9.78 Å². The van der Waals surface area contributed by atoms with Crippen LogP contribution in [0.5, 0.6) is 5.75 Å². The van der Waals surface area contributed by atoms with E-state index in [2.05, 4.69) is 5.10 Å². The summed E-state index contributed by atoms with van der Waals surface area (Å²) in [6, 6.07) is 6.12. The molecule has 0 aliphatic heterocycles. The number of alkyl halides is 3. The summed E-state index contributed by atoms with van der Waals surface area (Å²) in [6.07, 6.45) is -4.55. The Morgan fingerprint density at radius 2 is 2.12 bits per heavy atom. The van der Waals surface area contributed by atoms with E-state index >= 15 is 0 Å². The fourth-order valence-electron chi connectivity index (χ4n) is 2.39. The zero-order valence-electron chi connectivity index (χ0n) is 13.0. The van der Waals surface area contributed by atoms with E-state index in [1.165, 1.54) is 18.4 Å². The van der Waals surface area contributed by atoms with Gasteiger partial charge < -0.3 is 9.84 Å². The van der Waals surface area contributed by atoms with Gasteiger partial charge in [0, 0.05) is 11.7 Å². The fraction of sp³-hybridized carbons (Fsp3) is 0.250. The number of halogens is 3. The summed E-state index contributed by atoms with van der Waals surface area (Å²) < 4.78 is 45.5. The maximum Gasteiger partial charge on any atom is 0.435 e. The summed E-state index contributed by atoms with van der Waals surface area (Å²) in [4.78, 5) is 10.8. The number of hydrogen-bond acceptors (Lipinski definition) is 4. The van der Waals surface area contributed by atoms with Crippen molar-refractivity contribution >= 4 is 27.4 Å². The Morgan fingerprint density at radius 3 is 2.76 bits per heavy atom. The Kier molecular flexibility index (Phi) is 4.42. The molecule has 25 heavy (non-hydrogen) atoms. The molecule has 0 saturated heterocycles. The van der Waals surface area contributed by atoms with Crippen LogP contribution in [0.2, 0.25) is 0 Å². The Balaban J connectivity index is 1.76. The lowest BCUT2D eigenvalue weighted by Crippen LogP contribution is -2.06. The summed E-state index contributed by atoms with van der Waals surface area (Å²) in [5.41, 5.74) is 0.0614. The molecule has 1 aromatic carbocycles. The van der Waals surface area contributed by atoms with Gasteiger partial charge in [0.15, 0.2) is 5.69 Å². The quantitative estimate of drug-likeness (QED) is 0.741. The predicted octanol–water partition coefficient (Wildman–Crippen LogP) is 3.86. The normalized spacial score (nSPS) is 11.8. The van der Waals surface area contributed by atoms with Crippen LogP contribution in [0.3, 0.4) is 0 Å². The molecule has 0 atom stereocenters. The van der Waals surface area contributed by atoms with E-state index < -0.39 is 17.8 Å². The third-order valence-electron chi connectivity index (χ3n) is 3.62. The molecule has 9 heteroatoms. The molecule has 0 radical (unpaired) electrons. The number of nitrogens with zero attached hydrogens (tertiary/aromatic N) is 2. The van der Waals surface area contributed by atoms with Crippen molar-refractivity contribution in [2.24, 2.45) is 7.05 Å². The van der Waals surface area contributed by atoms with Gasteiger partial charge in [-0.05, 0) is 40.6 Å². The number of aliphatic carboxylic acids is 1. The predicted molar refractivity (Wildman–Crippen MR) is 85.7 cm³/mol. The van der Waals surface area contributed by atoms with Crippen LogP contribution in [0.4, 0.5) is 13.2 Å². The van der Waals surface area contributed by atoms with Crippen molar-refractivity contribution in [1.29, 1.82) is 0 Å². The number of hydrogen-bond donors (Lipinski definition) is 1. The summed E-state index contributed by atoms with van der Waals surface area (Å²) in [6.45, 7) is -0.0571. The largest absolute Gasteiger partial charge is 0.487 e. The molecular formula is C16H13F3N2O3S. The summed E-state index contributed by atoms with van der Waals surface area (Å²) in [7, 11) is 1.43. The van der Waals surface area contributed by atoms with Gasteiger partial charge in [0.1, 0.15) is 12.4 Å². The number of carbonyl (C=O) groups is 1. The molecular weight excluding hydrogens is 357 g/mol. The van der Waals surface area contributed by atoms with Gasteiger partial charge in [-0.25, -0.2) is 0 Å². The minimum Gasteiger partial charge on any atom is -0.487 e. The van der Waals surface area contributed by atoms with Crippen molar-refractivity contribution in [3.05, 3.63) is 46.6 Å². The van der Waals surface area contributed by atoms with Crippen LogP contribution in [0, 0.1) is 0 Å². The second-order valence-electron chi connectivity index (χ2n) is 5.42. The van der Waals surface area contributed by atoms with Gasteiger partial charge in [-0.15, -0.1) is 11.3 Å². The molecule has 0 bridgehead atoms. The maximum atomic E-state index is 12.7. The molecule has 2 heterocycles. The average molecular weight is 370 g/mol. The maximum absolute atomic E-state index is 12.7. The topological polar surface area (TPSA) is 64.4 Å². The van der Waals surface area contributed by atoms with Crippen LogP contribution < -0.4 is 4.74 Å². The summed E-state index contributed by atoms with van der Waals surface area (Å²) >= 11 is 1.39. The third-order valence-corrected chi connectivity index (χ3v) is 4.62. The molecule has 0 aliphatic carbocycles. The zero-order chi connectivity index (χ0) is 18.2. The van der Waals surface area contributed by atoms with Gasteiger partial charge in [-0.1, -0.05) is 0 Å². The second-order valence-corrected chi connectivity index (χ2v) is 6.33. The molecule has 0 unspecified atom stereocenters. The van der Waals surface area contributed by atoms with E-state index in [1.54, 1.807) is 23.6 Å². The number of rotatable bonds is 5.